The first kappa shape index (κ1) is 26.6. The fourth-order valence-electron chi connectivity index (χ4n) is 7.70. The van der Waals surface area contributed by atoms with Gasteiger partial charge in [0.1, 0.15) is 18.2 Å². The predicted molar refractivity (Wildman–Crippen MR) is 138 cm³/mol. The SMILES string of the molecule is O=C(N[C@H](C(=O)O)C12C[C@@H]3C[C@@H](CC(O)(C3)C1)C2)c1ccc2cccnc2c1OCc1ccc(C(F)(F)F)cc1. The summed E-state index contributed by atoms with van der Waals surface area (Å²) in [7, 11) is 0. The quantitative estimate of drug-likeness (QED) is 0.364. The number of alkyl halides is 3. The number of pyridine rings is 1. The number of rotatable bonds is 7. The summed E-state index contributed by atoms with van der Waals surface area (Å²) in [6, 6.07) is 10.1. The lowest BCUT2D eigenvalue weighted by Gasteiger charge is -2.61. The van der Waals surface area contributed by atoms with Crippen molar-refractivity contribution in [3.63, 3.8) is 0 Å². The van der Waals surface area contributed by atoms with Crippen molar-refractivity contribution in [1.29, 1.82) is 0 Å². The van der Waals surface area contributed by atoms with E-state index in [-0.39, 0.29) is 29.8 Å². The predicted octanol–water partition coefficient (Wildman–Crippen LogP) is 5.35. The number of aliphatic hydroxyl groups is 1. The van der Waals surface area contributed by atoms with Gasteiger partial charge in [0.05, 0.1) is 16.7 Å². The highest BCUT2D eigenvalue weighted by atomic mass is 19.4. The third-order valence-electron chi connectivity index (χ3n) is 8.85. The lowest BCUT2D eigenvalue weighted by atomic mass is 9.46. The van der Waals surface area contributed by atoms with Crippen LogP contribution >= 0.6 is 0 Å². The van der Waals surface area contributed by atoms with E-state index < -0.39 is 40.7 Å². The molecule has 4 aliphatic rings. The molecule has 2 unspecified atom stereocenters. The Balaban J connectivity index is 1.29. The average molecular weight is 555 g/mol. The number of fused-ring (bicyclic) bond motifs is 1. The van der Waals surface area contributed by atoms with Gasteiger partial charge in [-0.05, 0) is 80.2 Å². The summed E-state index contributed by atoms with van der Waals surface area (Å²) in [4.78, 5) is 30.6. The van der Waals surface area contributed by atoms with Gasteiger partial charge in [-0.15, -0.1) is 0 Å². The molecule has 0 aliphatic heterocycles. The summed E-state index contributed by atoms with van der Waals surface area (Å²) in [6.07, 6.45) is 0.999. The van der Waals surface area contributed by atoms with Crippen LogP contribution in [0.25, 0.3) is 10.9 Å². The molecule has 3 aromatic rings. The van der Waals surface area contributed by atoms with Crippen molar-refractivity contribution in [2.45, 2.75) is 63.0 Å². The average Bonchev–Trinajstić information content (AvgIpc) is 2.88. The fraction of sp³-hybridized carbons (Fsp3) is 0.433. The fourth-order valence-corrected chi connectivity index (χ4v) is 7.70. The molecule has 1 aromatic heterocycles. The summed E-state index contributed by atoms with van der Waals surface area (Å²) in [5.41, 5.74) is -1.51. The highest BCUT2D eigenvalue weighted by molar-refractivity contribution is 6.04. The molecule has 7 rings (SSSR count). The number of nitrogens with one attached hydrogen (secondary N) is 1. The number of nitrogens with zero attached hydrogens (tertiary/aromatic N) is 1. The van der Waals surface area contributed by atoms with Crippen LogP contribution in [0, 0.1) is 17.3 Å². The van der Waals surface area contributed by atoms with Gasteiger partial charge in [0.2, 0.25) is 0 Å². The second-order valence-electron chi connectivity index (χ2n) is 11.8. The second-order valence-corrected chi connectivity index (χ2v) is 11.8. The maximum Gasteiger partial charge on any atom is 0.416 e. The summed E-state index contributed by atoms with van der Waals surface area (Å²) in [6.45, 7) is -0.128. The molecule has 40 heavy (non-hydrogen) atoms. The maximum atomic E-state index is 13.7. The van der Waals surface area contributed by atoms with Crippen molar-refractivity contribution < 1.29 is 37.7 Å². The first-order chi connectivity index (χ1) is 18.9. The Kier molecular flexibility index (Phi) is 6.29. The lowest BCUT2D eigenvalue weighted by molar-refractivity contribution is -0.181. The third kappa shape index (κ3) is 4.78. The molecule has 1 heterocycles. The molecule has 4 fully saturated rings. The molecule has 1 amide bonds. The first-order valence-corrected chi connectivity index (χ1v) is 13.4. The molecule has 210 valence electrons. The van der Waals surface area contributed by atoms with Crippen LogP contribution in [0.2, 0.25) is 0 Å². The van der Waals surface area contributed by atoms with Crippen molar-refractivity contribution in [2.75, 3.05) is 0 Å². The van der Waals surface area contributed by atoms with Crippen LogP contribution < -0.4 is 10.1 Å². The van der Waals surface area contributed by atoms with E-state index in [1.807, 2.05) is 0 Å². The number of aromatic nitrogens is 1. The minimum absolute atomic E-state index is 0.0767. The molecule has 0 saturated heterocycles. The highest BCUT2D eigenvalue weighted by Gasteiger charge is 2.61. The van der Waals surface area contributed by atoms with Crippen molar-refractivity contribution >= 4 is 22.8 Å². The number of carbonyl (C=O) groups excluding carboxylic acids is 1. The molecule has 2 aromatic carbocycles. The van der Waals surface area contributed by atoms with Crippen LogP contribution in [0.3, 0.4) is 0 Å². The molecule has 7 nitrogen and oxygen atoms in total. The molecular formula is C30H29F3N2O5. The normalized spacial score (nSPS) is 27.9. The second kappa shape index (κ2) is 9.47. The van der Waals surface area contributed by atoms with Crippen molar-refractivity contribution in [3.05, 3.63) is 71.4 Å². The van der Waals surface area contributed by atoms with Gasteiger partial charge in [-0.3, -0.25) is 9.78 Å². The first-order valence-electron chi connectivity index (χ1n) is 13.4. The number of hydrogen-bond acceptors (Lipinski definition) is 5. The highest BCUT2D eigenvalue weighted by Crippen LogP contribution is 2.62. The molecule has 5 atom stereocenters. The van der Waals surface area contributed by atoms with Crippen molar-refractivity contribution in [2.24, 2.45) is 17.3 Å². The van der Waals surface area contributed by atoms with Gasteiger partial charge in [-0.1, -0.05) is 24.3 Å². The number of hydrogen-bond donors (Lipinski definition) is 3. The largest absolute Gasteiger partial charge is 0.486 e. The van der Waals surface area contributed by atoms with Crippen LogP contribution in [-0.4, -0.2) is 38.7 Å². The van der Waals surface area contributed by atoms with E-state index in [1.54, 1.807) is 18.2 Å². The van der Waals surface area contributed by atoms with Crippen LogP contribution in [-0.2, 0) is 17.6 Å². The van der Waals surface area contributed by atoms with E-state index in [0.29, 0.717) is 48.6 Å². The van der Waals surface area contributed by atoms with Crippen LogP contribution in [0.5, 0.6) is 5.75 Å². The van der Waals surface area contributed by atoms with Crippen molar-refractivity contribution in [3.8, 4) is 5.75 Å². The van der Waals surface area contributed by atoms with Gasteiger partial charge in [-0.2, -0.15) is 13.2 Å². The van der Waals surface area contributed by atoms with E-state index in [0.717, 1.165) is 18.6 Å². The zero-order chi connectivity index (χ0) is 28.3. The summed E-state index contributed by atoms with van der Waals surface area (Å²) >= 11 is 0. The number of halogens is 3. The Hall–Kier alpha value is -3.66. The number of carbonyl (C=O) groups is 2. The van der Waals surface area contributed by atoms with Gasteiger partial charge < -0.3 is 20.3 Å². The molecular weight excluding hydrogens is 525 g/mol. The summed E-state index contributed by atoms with van der Waals surface area (Å²) in [5, 5.41) is 24.9. The van der Waals surface area contributed by atoms with Gasteiger partial charge >= 0.3 is 12.1 Å². The molecule has 10 heteroatoms. The van der Waals surface area contributed by atoms with E-state index in [2.05, 4.69) is 10.3 Å². The maximum absolute atomic E-state index is 13.7. The topological polar surface area (TPSA) is 109 Å². The van der Waals surface area contributed by atoms with E-state index in [9.17, 15) is 33.0 Å². The summed E-state index contributed by atoms with van der Waals surface area (Å²) in [5.74, 6) is -1.21. The van der Waals surface area contributed by atoms with Crippen LogP contribution in [0.1, 0.15) is 60.0 Å². The number of carboxylic acid groups (broad SMARTS) is 1. The zero-order valence-electron chi connectivity index (χ0n) is 21.6. The van der Waals surface area contributed by atoms with E-state index in [4.69, 9.17) is 4.74 Å². The number of aliphatic carboxylic acids is 1. The molecule has 0 radical (unpaired) electrons. The van der Waals surface area contributed by atoms with E-state index in [1.165, 1.54) is 24.4 Å². The Morgan fingerprint density at radius 1 is 1.05 bits per heavy atom. The number of amides is 1. The zero-order valence-corrected chi connectivity index (χ0v) is 21.6. The Morgan fingerprint density at radius 3 is 2.38 bits per heavy atom. The van der Waals surface area contributed by atoms with Gasteiger partial charge in [0, 0.05) is 17.0 Å². The Labute approximate surface area is 228 Å². The lowest BCUT2D eigenvalue weighted by Crippen LogP contribution is -2.64. The van der Waals surface area contributed by atoms with E-state index >= 15 is 0 Å². The van der Waals surface area contributed by atoms with Gasteiger partial charge in [0.25, 0.3) is 5.91 Å². The molecule has 4 saturated carbocycles. The Bertz CT molecular complexity index is 1460. The smallest absolute Gasteiger partial charge is 0.416 e. The minimum Gasteiger partial charge on any atom is -0.486 e. The molecule has 3 N–H and O–H groups in total. The van der Waals surface area contributed by atoms with Crippen LogP contribution in [0.15, 0.2) is 54.7 Å². The van der Waals surface area contributed by atoms with Gasteiger partial charge in [-0.25, -0.2) is 4.79 Å². The van der Waals surface area contributed by atoms with Crippen molar-refractivity contribution in [1.82, 2.24) is 10.3 Å². The molecule has 0 spiro atoms. The number of ether oxygens (including phenoxy) is 1. The van der Waals surface area contributed by atoms with Gasteiger partial charge in [0.15, 0.2) is 5.75 Å². The minimum atomic E-state index is -4.46. The third-order valence-corrected chi connectivity index (χ3v) is 8.85. The monoisotopic (exact) mass is 554 g/mol. The Morgan fingerprint density at radius 2 is 1.75 bits per heavy atom. The summed E-state index contributed by atoms with van der Waals surface area (Å²) < 4.78 is 44.9. The number of benzene rings is 2. The van der Waals surface area contributed by atoms with Crippen LogP contribution in [0.4, 0.5) is 13.2 Å². The molecule has 4 aliphatic carbocycles. The standard InChI is InChI=1S/C30H29F3N2O5/c31-30(32,33)21-6-3-17(4-7-21)15-40-24-22(8-5-20-2-1-9-34-23(20)24)26(36)35-25(27(37)38)28-11-18-10-19(12-28)14-29(39,13-18)16-28/h1-9,18-19,25,39H,10-16H2,(H,35,36)(H,37,38)/t18-,19+,25-,28?,29?/m1/s1. The number of carboxylic acids is 1. The molecule has 4 bridgehead atoms.